The van der Waals surface area contributed by atoms with E-state index in [0.29, 0.717) is 17.9 Å². The fourth-order valence-corrected chi connectivity index (χ4v) is 4.18. The van der Waals surface area contributed by atoms with E-state index in [0.717, 1.165) is 24.0 Å². The first-order valence-corrected chi connectivity index (χ1v) is 11.3. The Hall–Kier alpha value is -3.43. The number of imidazole rings is 1. The number of carbonyl (C=O) groups is 1. The summed E-state index contributed by atoms with van der Waals surface area (Å²) < 4.78 is 34.4. The minimum Gasteiger partial charge on any atom is -0.468 e. The zero-order chi connectivity index (χ0) is 21.7. The molecule has 0 fully saturated rings. The van der Waals surface area contributed by atoms with Crippen molar-refractivity contribution in [3.05, 3.63) is 84.6 Å². The average Bonchev–Trinajstić information content (AvgIpc) is 3.45. The lowest BCUT2D eigenvalue weighted by atomic mass is 10.2. The SMILES string of the molecule is O=C(NCCCn1cnc2ccccc21)c1ccc(S(=O)(=O)NCc2ccco2)cc1. The Balaban J connectivity index is 1.28. The maximum absolute atomic E-state index is 12.4. The van der Waals surface area contributed by atoms with E-state index in [1.807, 2.05) is 24.3 Å². The summed E-state index contributed by atoms with van der Waals surface area (Å²) in [5.41, 5.74) is 2.41. The van der Waals surface area contributed by atoms with E-state index in [1.165, 1.54) is 30.5 Å². The van der Waals surface area contributed by atoms with Crippen LogP contribution in [0, 0.1) is 0 Å². The zero-order valence-electron chi connectivity index (χ0n) is 16.7. The van der Waals surface area contributed by atoms with Crippen LogP contribution in [0.5, 0.6) is 0 Å². The van der Waals surface area contributed by atoms with Crippen LogP contribution in [0.4, 0.5) is 0 Å². The van der Waals surface area contributed by atoms with Gasteiger partial charge in [-0.3, -0.25) is 4.79 Å². The molecule has 2 aromatic carbocycles. The van der Waals surface area contributed by atoms with Gasteiger partial charge < -0.3 is 14.3 Å². The molecule has 0 unspecified atom stereocenters. The van der Waals surface area contributed by atoms with Gasteiger partial charge in [0.15, 0.2) is 0 Å². The molecule has 8 nitrogen and oxygen atoms in total. The van der Waals surface area contributed by atoms with Crippen LogP contribution in [-0.2, 0) is 23.1 Å². The highest BCUT2D eigenvalue weighted by Gasteiger charge is 2.15. The van der Waals surface area contributed by atoms with Crippen LogP contribution in [0.25, 0.3) is 11.0 Å². The predicted octanol–water partition coefficient (Wildman–Crippen LogP) is 2.93. The van der Waals surface area contributed by atoms with Crippen LogP contribution in [0.3, 0.4) is 0 Å². The number of para-hydroxylation sites is 2. The number of benzene rings is 2. The van der Waals surface area contributed by atoms with E-state index in [4.69, 9.17) is 4.42 Å². The normalized spacial score (nSPS) is 11.6. The smallest absolute Gasteiger partial charge is 0.251 e. The quantitative estimate of drug-likeness (QED) is 0.391. The first-order valence-electron chi connectivity index (χ1n) is 9.83. The molecular weight excluding hydrogens is 416 g/mol. The van der Waals surface area contributed by atoms with Crippen molar-refractivity contribution in [1.82, 2.24) is 19.6 Å². The second-order valence-electron chi connectivity index (χ2n) is 6.96. The molecule has 0 atom stereocenters. The largest absolute Gasteiger partial charge is 0.468 e. The summed E-state index contributed by atoms with van der Waals surface area (Å²) in [5.74, 6) is 0.270. The number of carbonyl (C=O) groups excluding carboxylic acids is 1. The zero-order valence-corrected chi connectivity index (χ0v) is 17.5. The summed E-state index contributed by atoms with van der Waals surface area (Å²) in [4.78, 5) is 16.8. The van der Waals surface area contributed by atoms with E-state index < -0.39 is 10.0 Å². The number of furan rings is 1. The molecule has 0 saturated heterocycles. The third-order valence-corrected chi connectivity index (χ3v) is 6.25. The molecule has 0 aliphatic carbocycles. The first-order chi connectivity index (χ1) is 15.0. The van der Waals surface area contributed by atoms with Gasteiger partial charge in [0.25, 0.3) is 5.91 Å². The molecule has 0 aliphatic heterocycles. The number of rotatable bonds is 9. The fraction of sp³-hybridized carbons (Fsp3) is 0.182. The second-order valence-corrected chi connectivity index (χ2v) is 8.73. The van der Waals surface area contributed by atoms with E-state index in [1.54, 1.807) is 18.5 Å². The van der Waals surface area contributed by atoms with Crippen LogP contribution >= 0.6 is 0 Å². The second kappa shape index (κ2) is 9.15. The molecule has 9 heteroatoms. The van der Waals surface area contributed by atoms with Gasteiger partial charge in [0.1, 0.15) is 5.76 Å². The lowest BCUT2D eigenvalue weighted by molar-refractivity contribution is 0.0952. The van der Waals surface area contributed by atoms with Gasteiger partial charge >= 0.3 is 0 Å². The molecule has 0 spiro atoms. The van der Waals surface area contributed by atoms with Crippen molar-refractivity contribution in [2.75, 3.05) is 6.54 Å². The Kier molecular flexibility index (Phi) is 6.15. The van der Waals surface area contributed by atoms with Crippen molar-refractivity contribution in [2.24, 2.45) is 0 Å². The van der Waals surface area contributed by atoms with Crippen LogP contribution in [0.15, 0.2) is 82.6 Å². The number of nitrogens with zero attached hydrogens (tertiary/aromatic N) is 2. The molecule has 0 bridgehead atoms. The number of hydrogen-bond donors (Lipinski definition) is 2. The van der Waals surface area contributed by atoms with Crippen molar-refractivity contribution in [1.29, 1.82) is 0 Å². The Morgan fingerprint density at radius 1 is 1.03 bits per heavy atom. The fourth-order valence-electron chi connectivity index (χ4n) is 3.19. The van der Waals surface area contributed by atoms with Gasteiger partial charge in [-0.2, -0.15) is 0 Å². The van der Waals surface area contributed by atoms with Gasteiger partial charge in [-0.25, -0.2) is 18.1 Å². The predicted molar refractivity (Wildman–Crippen MR) is 116 cm³/mol. The minimum atomic E-state index is -3.69. The van der Waals surface area contributed by atoms with Crippen LogP contribution in [-0.4, -0.2) is 30.4 Å². The lowest BCUT2D eigenvalue weighted by Gasteiger charge is -2.08. The molecule has 0 radical (unpaired) electrons. The summed E-state index contributed by atoms with van der Waals surface area (Å²) in [6.07, 6.45) is 4.02. The van der Waals surface area contributed by atoms with Crippen LogP contribution < -0.4 is 10.0 Å². The van der Waals surface area contributed by atoms with Gasteiger partial charge in [-0.05, 0) is 55.0 Å². The number of aromatic nitrogens is 2. The number of hydrogen-bond acceptors (Lipinski definition) is 5. The Bertz CT molecular complexity index is 1260. The molecular formula is C22H22N4O4S. The molecule has 2 heterocycles. The summed E-state index contributed by atoms with van der Waals surface area (Å²) in [7, 11) is -3.69. The van der Waals surface area contributed by atoms with E-state index in [9.17, 15) is 13.2 Å². The molecule has 160 valence electrons. The number of aryl methyl sites for hydroxylation is 1. The Labute approximate surface area is 180 Å². The highest BCUT2D eigenvalue weighted by atomic mass is 32.2. The summed E-state index contributed by atoms with van der Waals surface area (Å²) >= 11 is 0. The molecule has 2 N–H and O–H groups in total. The molecule has 0 saturated carbocycles. The topological polar surface area (TPSA) is 106 Å². The third kappa shape index (κ3) is 5.01. The third-order valence-electron chi connectivity index (χ3n) is 4.83. The van der Waals surface area contributed by atoms with E-state index in [-0.39, 0.29) is 17.3 Å². The summed E-state index contributed by atoms with van der Waals surface area (Å²) in [6.45, 7) is 1.29. The van der Waals surface area contributed by atoms with Gasteiger partial charge in [0.2, 0.25) is 10.0 Å². The molecule has 1 amide bonds. The highest BCUT2D eigenvalue weighted by Crippen LogP contribution is 2.13. The van der Waals surface area contributed by atoms with Crippen molar-refractivity contribution in [3.63, 3.8) is 0 Å². The minimum absolute atomic E-state index is 0.0593. The number of amides is 1. The molecule has 0 aliphatic rings. The molecule has 31 heavy (non-hydrogen) atoms. The van der Waals surface area contributed by atoms with Gasteiger partial charge in [0, 0.05) is 18.7 Å². The van der Waals surface area contributed by atoms with Crippen molar-refractivity contribution in [2.45, 2.75) is 24.4 Å². The first kappa shape index (κ1) is 20.8. The van der Waals surface area contributed by atoms with Gasteiger partial charge in [-0.1, -0.05) is 12.1 Å². The van der Waals surface area contributed by atoms with Crippen molar-refractivity contribution < 1.29 is 17.6 Å². The van der Waals surface area contributed by atoms with Crippen molar-refractivity contribution in [3.8, 4) is 0 Å². The number of fused-ring (bicyclic) bond motifs is 1. The molecule has 4 rings (SSSR count). The number of sulfonamides is 1. The maximum Gasteiger partial charge on any atom is 0.251 e. The Morgan fingerprint density at radius 2 is 1.84 bits per heavy atom. The average molecular weight is 439 g/mol. The van der Waals surface area contributed by atoms with Gasteiger partial charge in [0.05, 0.1) is 35.1 Å². The standard InChI is InChI=1S/C22H22N4O4S/c27-22(23-12-4-13-26-16-24-20-6-1-2-7-21(20)26)17-8-10-19(11-9-17)31(28,29)25-15-18-5-3-14-30-18/h1-3,5-11,14,16,25H,4,12-13,15H2,(H,23,27). The van der Waals surface area contributed by atoms with Crippen molar-refractivity contribution >= 4 is 27.0 Å². The summed E-state index contributed by atoms with van der Waals surface area (Å²) in [5, 5.41) is 2.86. The van der Waals surface area contributed by atoms with Crippen LogP contribution in [0.1, 0.15) is 22.5 Å². The Morgan fingerprint density at radius 3 is 2.61 bits per heavy atom. The highest BCUT2D eigenvalue weighted by molar-refractivity contribution is 7.89. The van der Waals surface area contributed by atoms with E-state index in [2.05, 4.69) is 19.6 Å². The summed E-state index contributed by atoms with van der Waals surface area (Å²) in [6, 6.07) is 17.1. The number of nitrogens with one attached hydrogen (secondary N) is 2. The monoisotopic (exact) mass is 438 g/mol. The van der Waals surface area contributed by atoms with Crippen LogP contribution in [0.2, 0.25) is 0 Å². The lowest BCUT2D eigenvalue weighted by Crippen LogP contribution is -2.26. The maximum atomic E-state index is 12.4. The molecule has 2 aromatic heterocycles. The van der Waals surface area contributed by atoms with Gasteiger partial charge in [-0.15, -0.1) is 0 Å². The molecule has 4 aromatic rings. The van der Waals surface area contributed by atoms with E-state index >= 15 is 0 Å².